The second kappa shape index (κ2) is 6.50. The van der Waals surface area contributed by atoms with Gasteiger partial charge in [-0.25, -0.2) is 4.98 Å². The molecular formula is C14H26N2S. The lowest BCUT2D eigenvalue weighted by molar-refractivity contribution is 0.255. The van der Waals surface area contributed by atoms with Gasteiger partial charge in [-0.3, -0.25) is 0 Å². The number of hydrogen-bond acceptors (Lipinski definition) is 3. The van der Waals surface area contributed by atoms with E-state index < -0.39 is 0 Å². The third-order valence-electron chi connectivity index (χ3n) is 3.00. The van der Waals surface area contributed by atoms with Crippen molar-refractivity contribution in [2.45, 2.75) is 59.9 Å². The number of thiazole rings is 1. The number of rotatable bonds is 6. The van der Waals surface area contributed by atoms with Crippen molar-refractivity contribution in [3.63, 3.8) is 0 Å². The first-order chi connectivity index (χ1) is 7.93. The Labute approximate surface area is 110 Å². The first kappa shape index (κ1) is 14.7. The zero-order valence-corrected chi connectivity index (χ0v) is 12.7. The quantitative estimate of drug-likeness (QED) is 0.835. The van der Waals surface area contributed by atoms with E-state index in [4.69, 9.17) is 0 Å². The van der Waals surface area contributed by atoms with Crippen LogP contribution in [0.2, 0.25) is 0 Å². The maximum absolute atomic E-state index is 4.54. The van der Waals surface area contributed by atoms with Crippen LogP contribution in [-0.2, 0) is 6.42 Å². The Kier molecular flexibility index (Phi) is 5.60. The van der Waals surface area contributed by atoms with E-state index in [0.29, 0.717) is 11.5 Å². The van der Waals surface area contributed by atoms with E-state index in [-0.39, 0.29) is 0 Å². The summed E-state index contributed by atoms with van der Waals surface area (Å²) in [5.41, 5.74) is 1.47. The van der Waals surface area contributed by atoms with Gasteiger partial charge in [0, 0.05) is 23.5 Å². The maximum atomic E-state index is 4.54. The molecule has 0 amide bonds. The van der Waals surface area contributed by atoms with Crippen molar-refractivity contribution in [1.29, 1.82) is 0 Å². The van der Waals surface area contributed by atoms with Crippen LogP contribution >= 0.6 is 11.3 Å². The highest BCUT2D eigenvalue weighted by Gasteiger charge is 2.23. The third-order valence-corrected chi connectivity index (χ3v) is 4.03. The number of nitrogens with zero attached hydrogens (tertiary/aromatic N) is 1. The summed E-state index contributed by atoms with van der Waals surface area (Å²) in [6.45, 7) is 12.3. The van der Waals surface area contributed by atoms with Crippen molar-refractivity contribution in [2.75, 3.05) is 6.54 Å². The lowest BCUT2D eigenvalue weighted by Crippen LogP contribution is -2.41. The minimum Gasteiger partial charge on any atom is -0.313 e. The van der Waals surface area contributed by atoms with Gasteiger partial charge in [-0.15, -0.1) is 11.3 Å². The molecule has 98 valence electrons. The Morgan fingerprint density at radius 1 is 1.41 bits per heavy atom. The van der Waals surface area contributed by atoms with E-state index in [9.17, 15) is 0 Å². The largest absolute Gasteiger partial charge is 0.313 e. The Hall–Kier alpha value is -0.410. The van der Waals surface area contributed by atoms with E-state index in [1.807, 2.05) is 0 Å². The summed E-state index contributed by atoms with van der Waals surface area (Å²) >= 11 is 1.79. The fourth-order valence-corrected chi connectivity index (χ4v) is 2.74. The molecule has 1 aromatic rings. The molecule has 0 saturated carbocycles. The fourth-order valence-electron chi connectivity index (χ4n) is 1.95. The number of aromatic nitrogens is 1. The van der Waals surface area contributed by atoms with E-state index in [1.54, 1.807) is 11.3 Å². The highest BCUT2D eigenvalue weighted by atomic mass is 32.1. The Morgan fingerprint density at radius 3 is 2.59 bits per heavy atom. The van der Waals surface area contributed by atoms with E-state index in [2.05, 4.69) is 50.3 Å². The molecule has 0 radical (unpaired) electrons. The average Bonchev–Trinajstić information content (AvgIpc) is 2.62. The molecule has 0 fully saturated rings. The van der Waals surface area contributed by atoms with Crippen LogP contribution in [-0.4, -0.2) is 17.6 Å². The predicted molar refractivity (Wildman–Crippen MR) is 76.7 cm³/mol. The summed E-state index contributed by atoms with van der Waals surface area (Å²) in [4.78, 5) is 4.54. The molecule has 1 atom stereocenters. The highest BCUT2D eigenvalue weighted by Crippen LogP contribution is 2.24. The van der Waals surface area contributed by atoms with Gasteiger partial charge in [0.25, 0.3) is 0 Å². The molecule has 0 aromatic carbocycles. The van der Waals surface area contributed by atoms with Crippen molar-refractivity contribution in [3.05, 3.63) is 16.1 Å². The van der Waals surface area contributed by atoms with Crippen LogP contribution in [0.4, 0.5) is 0 Å². The second-order valence-electron chi connectivity index (χ2n) is 5.79. The third kappa shape index (κ3) is 5.17. The van der Waals surface area contributed by atoms with Crippen molar-refractivity contribution in [2.24, 2.45) is 5.41 Å². The van der Waals surface area contributed by atoms with Crippen molar-refractivity contribution in [1.82, 2.24) is 10.3 Å². The number of aryl methyl sites for hydroxylation is 2. The van der Waals surface area contributed by atoms with Crippen LogP contribution in [0.5, 0.6) is 0 Å². The molecular weight excluding hydrogens is 228 g/mol. The Morgan fingerprint density at radius 2 is 2.12 bits per heavy atom. The van der Waals surface area contributed by atoms with E-state index >= 15 is 0 Å². The smallest absolute Gasteiger partial charge is 0.0928 e. The minimum atomic E-state index is 0.321. The van der Waals surface area contributed by atoms with Crippen molar-refractivity contribution < 1.29 is 0 Å². The van der Waals surface area contributed by atoms with Crippen LogP contribution < -0.4 is 5.32 Å². The number of nitrogens with one attached hydrogen (secondary N) is 1. The van der Waals surface area contributed by atoms with Gasteiger partial charge in [0.15, 0.2) is 0 Å². The summed E-state index contributed by atoms with van der Waals surface area (Å²) in [6.07, 6.45) is 3.47. The molecule has 0 aliphatic rings. The molecule has 1 heterocycles. The molecule has 1 aromatic heterocycles. The normalized spacial score (nSPS) is 13.9. The van der Waals surface area contributed by atoms with Crippen LogP contribution in [0.1, 0.15) is 51.2 Å². The summed E-state index contributed by atoms with van der Waals surface area (Å²) in [7, 11) is 0. The standard InChI is InChI=1S/C14H26N2S/c1-6-9-15-12(14(3,4)5)7-8-13-16-11(2)10-17-13/h10,12,15H,6-9H2,1-5H3. The van der Waals surface area contributed by atoms with Gasteiger partial charge < -0.3 is 5.32 Å². The van der Waals surface area contributed by atoms with Gasteiger partial charge in [0.1, 0.15) is 0 Å². The van der Waals surface area contributed by atoms with Gasteiger partial charge in [-0.2, -0.15) is 0 Å². The molecule has 0 spiro atoms. The molecule has 1 N–H and O–H groups in total. The van der Waals surface area contributed by atoms with Gasteiger partial charge in [0.2, 0.25) is 0 Å². The highest BCUT2D eigenvalue weighted by molar-refractivity contribution is 7.09. The SMILES string of the molecule is CCCNC(CCc1nc(C)cs1)C(C)(C)C. The molecule has 17 heavy (non-hydrogen) atoms. The Bertz CT molecular complexity index is 325. The van der Waals surface area contributed by atoms with E-state index in [1.165, 1.54) is 17.8 Å². The molecule has 1 unspecified atom stereocenters. The lowest BCUT2D eigenvalue weighted by atomic mass is 9.84. The summed E-state index contributed by atoms with van der Waals surface area (Å²) in [6, 6.07) is 0.576. The van der Waals surface area contributed by atoms with Gasteiger partial charge in [-0.1, -0.05) is 27.7 Å². The number of hydrogen-bond donors (Lipinski definition) is 1. The van der Waals surface area contributed by atoms with Crippen LogP contribution in [0, 0.1) is 12.3 Å². The van der Waals surface area contributed by atoms with Crippen LogP contribution in [0.15, 0.2) is 5.38 Å². The van der Waals surface area contributed by atoms with Gasteiger partial charge in [0.05, 0.1) is 5.01 Å². The van der Waals surface area contributed by atoms with Crippen LogP contribution in [0.25, 0.3) is 0 Å². The zero-order valence-electron chi connectivity index (χ0n) is 11.8. The van der Waals surface area contributed by atoms with E-state index in [0.717, 1.165) is 18.7 Å². The van der Waals surface area contributed by atoms with Crippen molar-refractivity contribution >= 4 is 11.3 Å². The first-order valence-electron chi connectivity index (χ1n) is 6.58. The lowest BCUT2D eigenvalue weighted by Gasteiger charge is -2.31. The predicted octanol–water partition coefficient (Wildman–Crippen LogP) is 3.80. The second-order valence-corrected chi connectivity index (χ2v) is 6.74. The summed E-state index contributed by atoms with van der Waals surface area (Å²) in [5, 5.41) is 7.08. The zero-order chi connectivity index (χ0) is 12.9. The topological polar surface area (TPSA) is 24.9 Å². The molecule has 3 heteroatoms. The monoisotopic (exact) mass is 254 g/mol. The molecule has 1 rings (SSSR count). The molecule has 0 aliphatic heterocycles. The maximum Gasteiger partial charge on any atom is 0.0928 e. The fraction of sp³-hybridized carbons (Fsp3) is 0.786. The first-order valence-corrected chi connectivity index (χ1v) is 7.46. The molecule has 0 saturated heterocycles. The molecule has 0 aliphatic carbocycles. The molecule has 2 nitrogen and oxygen atoms in total. The van der Waals surface area contributed by atoms with Gasteiger partial charge in [-0.05, 0) is 31.7 Å². The minimum absolute atomic E-state index is 0.321. The Balaban J connectivity index is 2.49. The van der Waals surface area contributed by atoms with Crippen LogP contribution in [0.3, 0.4) is 0 Å². The summed E-state index contributed by atoms with van der Waals surface area (Å²) in [5.74, 6) is 0. The van der Waals surface area contributed by atoms with Crippen molar-refractivity contribution in [3.8, 4) is 0 Å². The average molecular weight is 254 g/mol. The molecule has 0 bridgehead atoms. The summed E-state index contributed by atoms with van der Waals surface area (Å²) < 4.78 is 0. The van der Waals surface area contributed by atoms with Gasteiger partial charge >= 0.3 is 0 Å².